The number of halogens is 1. The maximum Gasteiger partial charge on any atom is 0.339 e. The summed E-state index contributed by atoms with van der Waals surface area (Å²) in [5, 5.41) is 10.9. The molecule has 0 aliphatic rings. The number of esters is 2. The molecule has 0 spiro atoms. The molecular formula is C20H19ClN2O7. The molecule has 0 saturated heterocycles. The minimum atomic E-state index is -1.14. The van der Waals surface area contributed by atoms with Crippen LogP contribution >= 0.6 is 11.6 Å². The fraction of sp³-hybridized carbons (Fsp3) is 0.250. The number of nitro groups is 1. The number of aryl methyl sites for hydroxylation is 1. The van der Waals surface area contributed by atoms with Crippen LogP contribution in [0.1, 0.15) is 44.6 Å². The summed E-state index contributed by atoms with van der Waals surface area (Å²) in [4.78, 5) is 49.6. The Balaban J connectivity index is 2.12. The van der Waals surface area contributed by atoms with Gasteiger partial charge < -0.3 is 14.5 Å². The van der Waals surface area contributed by atoms with Gasteiger partial charge in [0.1, 0.15) is 5.02 Å². The number of nitrogens with one attached hydrogen (secondary N) is 1. The summed E-state index contributed by atoms with van der Waals surface area (Å²) in [6.45, 7) is 4.61. The minimum absolute atomic E-state index is 0.0260. The normalized spacial score (nSPS) is 11.9. The van der Waals surface area contributed by atoms with Crippen LogP contribution in [0.5, 0.6) is 0 Å². The van der Waals surface area contributed by atoms with Gasteiger partial charge in [-0.25, -0.2) is 9.59 Å². The summed E-state index contributed by atoms with van der Waals surface area (Å²) in [7, 11) is 1.24. The van der Waals surface area contributed by atoms with Gasteiger partial charge in [-0.05, 0) is 44.0 Å². The highest BCUT2D eigenvalue weighted by Gasteiger charge is 2.27. The average molecular weight is 435 g/mol. The Morgan fingerprint density at radius 2 is 1.93 bits per heavy atom. The summed E-state index contributed by atoms with van der Waals surface area (Å²) in [6, 6.07) is 4.04. The van der Waals surface area contributed by atoms with Crippen LogP contribution in [0.2, 0.25) is 5.02 Å². The number of ether oxygens (including phenoxy) is 2. The van der Waals surface area contributed by atoms with E-state index in [4.69, 9.17) is 21.1 Å². The molecule has 0 radical (unpaired) electrons. The number of H-pyrrole nitrogens is 1. The Labute approximate surface area is 176 Å². The molecule has 158 valence electrons. The molecule has 2 rings (SSSR count). The molecule has 0 bridgehead atoms. The van der Waals surface area contributed by atoms with E-state index in [-0.39, 0.29) is 22.0 Å². The van der Waals surface area contributed by atoms with Crippen molar-refractivity contribution in [1.82, 2.24) is 4.98 Å². The summed E-state index contributed by atoms with van der Waals surface area (Å²) >= 11 is 5.74. The topological polar surface area (TPSA) is 129 Å². The van der Waals surface area contributed by atoms with Gasteiger partial charge in [-0.3, -0.25) is 14.9 Å². The summed E-state index contributed by atoms with van der Waals surface area (Å²) < 4.78 is 9.81. The van der Waals surface area contributed by atoms with E-state index >= 15 is 0 Å². The van der Waals surface area contributed by atoms with Crippen molar-refractivity contribution in [3.63, 3.8) is 0 Å². The number of hydrogen-bond acceptors (Lipinski definition) is 7. The highest BCUT2D eigenvalue weighted by atomic mass is 35.5. The smallest absolute Gasteiger partial charge is 0.339 e. The van der Waals surface area contributed by atoms with Crippen LogP contribution in [0.3, 0.4) is 0 Å². The minimum Gasteiger partial charge on any atom is -0.465 e. The fourth-order valence-electron chi connectivity index (χ4n) is 2.81. The Morgan fingerprint density at radius 1 is 1.27 bits per heavy atom. The van der Waals surface area contributed by atoms with Crippen LogP contribution in [0, 0.1) is 24.0 Å². The molecule has 1 aromatic carbocycles. The Bertz CT molecular complexity index is 1060. The van der Waals surface area contributed by atoms with Crippen LogP contribution in [0.15, 0.2) is 24.3 Å². The standard InChI is InChI=1S/C20H19ClN2O7/c1-10-17(20(26)29-4)11(2)22-18(10)19(25)12(3)30-16(24)8-6-13-5-7-14(21)15(9-13)23(27)28/h5-9,12,22H,1-4H3/b8-6+. The molecule has 0 fully saturated rings. The van der Waals surface area contributed by atoms with Gasteiger partial charge in [-0.2, -0.15) is 0 Å². The molecule has 1 aromatic heterocycles. The zero-order valence-electron chi connectivity index (χ0n) is 16.6. The predicted molar refractivity (Wildman–Crippen MR) is 109 cm³/mol. The van der Waals surface area contributed by atoms with Gasteiger partial charge in [0.25, 0.3) is 5.69 Å². The first-order chi connectivity index (χ1) is 14.1. The van der Waals surface area contributed by atoms with E-state index in [0.717, 1.165) is 6.08 Å². The number of ketones is 1. The maximum absolute atomic E-state index is 12.6. The van der Waals surface area contributed by atoms with E-state index in [2.05, 4.69) is 4.98 Å². The number of benzene rings is 1. The SMILES string of the molecule is COC(=O)c1c(C)[nH]c(C(=O)C(C)OC(=O)/C=C/c2ccc(Cl)c([N+](=O)[O-])c2)c1C. The number of carbonyl (C=O) groups excluding carboxylic acids is 3. The summed E-state index contributed by atoms with van der Waals surface area (Å²) in [5.41, 5.74) is 1.33. The maximum atomic E-state index is 12.6. The molecule has 30 heavy (non-hydrogen) atoms. The lowest BCUT2D eigenvalue weighted by molar-refractivity contribution is -0.384. The Morgan fingerprint density at radius 3 is 2.53 bits per heavy atom. The van der Waals surface area contributed by atoms with Crippen molar-refractivity contribution in [2.24, 2.45) is 0 Å². The van der Waals surface area contributed by atoms with Crippen LogP contribution < -0.4 is 0 Å². The second kappa shape index (κ2) is 9.36. The van der Waals surface area contributed by atoms with Crippen molar-refractivity contribution in [1.29, 1.82) is 0 Å². The lowest BCUT2D eigenvalue weighted by atomic mass is 10.1. The van der Waals surface area contributed by atoms with Gasteiger partial charge in [0.15, 0.2) is 6.10 Å². The average Bonchev–Trinajstić information content (AvgIpc) is 2.99. The van der Waals surface area contributed by atoms with Gasteiger partial charge in [0.2, 0.25) is 5.78 Å². The Kier molecular flexibility index (Phi) is 7.12. The molecule has 1 heterocycles. The molecular weight excluding hydrogens is 416 g/mol. The van der Waals surface area contributed by atoms with Crippen molar-refractivity contribution in [2.75, 3.05) is 7.11 Å². The third-order valence-electron chi connectivity index (χ3n) is 4.31. The molecule has 0 saturated carbocycles. The van der Waals surface area contributed by atoms with E-state index in [1.165, 1.54) is 38.3 Å². The molecule has 1 atom stereocenters. The second-order valence-electron chi connectivity index (χ2n) is 6.36. The fourth-order valence-corrected chi connectivity index (χ4v) is 3.00. The van der Waals surface area contributed by atoms with Crippen molar-refractivity contribution in [3.8, 4) is 0 Å². The number of nitrogens with zero attached hydrogens (tertiary/aromatic N) is 1. The molecule has 2 aromatic rings. The number of Topliss-reactive ketones (excluding diaryl/α,β-unsaturated/α-hetero) is 1. The first kappa shape index (κ1) is 22.8. The first-order valence-electron chi connectivity index (χ1n) is 8.71. The summed E-state index contributed by atoms with van der Waals surface area (Å²) in [6.07, 6.45) is 1.22. The zero-order valence-corrected chi connectivity index (χ0v) is 17.4. The monoisotopic (exact) mass is 434 g/mol. The highest BCUT2D eigenvalue weighted by Crippen LogP contribution is 2.25. The summed E-state index contributed by atoms with van der Waals surface area (Å²) in [5.74, 6) is -1.91. The van der Waals surface area contributed by atoms with Crippen LogP contribution in [-0.4, -0.2) is 40.8 Å². The molecule has 0 amide bonds. The van der Waals surface area contributed by atoms with Gasteiger partial charge in [0.05, 0.1) is 23.3 Å². The Hall–Kier alpha value is -3.46. The van der Waals surface area contributed by atoms with E-state index < -0.39 is 28.7 Å². The van der Waals surface area contributed by atoms with Crippen molar-refractivity contribution in [3.05, 3.63) is 67.5 Å². The van der Waals surface area contributed by atoms with E-state index in [9.17, 15) is 24.5 Å². The van der Waals surface area contributed by atoms with Gasteiger partial charge in [0, 0.05) is 17.8 Å². The van der Waals surface area contributed by atoms with Gasteiger partial charge in [-0.1, -0.05) is 17.7 Å². The predicted octanol–water partition coefficient (Wildman–Crippen LogP) is 3.81. The molecule has 1 N–H and O–H groups in total. The lowest BCUT2D eigenvalue weighted by Crippen LogP contribution is -2.24. The van der Waals surface area contributed by atoms with E-state index in [1.807, 2.05) is 0 Å². The molecule has 9 nitrogen and oxygen atoms in total. The third kappa shape index (κ3) is 4.93. The van der Waals surface area contributed by atoms with Crippen LogP contribution in [0.4, 0.5) is 5.69 Å². The second-order valence-corrected chi connectivity index (χ2v) is 6.77. The van der Waals surface area contributed by atoms with Crippen molar-refractivity contribution in [2.45, 2.75) is 26.9 Å². The van der Waals surface area contributed by atoms with E-state index in [1.54, 1.807) is 13.8 Å². The van der Waals surface area contributed by atoms with Gasteiger partial charge >= 0.3 is 11.9 Å². The number of aromatic nitrogens is 1. The van der Waals surface area contributed by atoms with E-state index in [0.29, 0.717) is 16.8 Å². The zero-order chi connectivity index (χ0) is 22.6. The number of aromatic amines is 1. The third-order valence-corrected chi connectivity index (χ3v) is 4.63. The molecule has 10 heteroatoms. The van der Waals surface area contributed by atoms with Crippen molar-refractivity contribution < 1.29 is 28.8 Å². The number of carbonyl (C=O) groups is 3. The van der Waals surface area contributed by atoms with Crippen LogP contribution in [-0.2, 0) is 14.3 Å². The number of nitro benzene ring substituents is 1. The van der Waals surface area contributed by atoms with Crippen LogP contribution in [0.25, 0.3) is 6.08 Å². The van der Waals surface area contributed by atoms with Gasteiger partial charge in [-0.15, -0.1) is 0 Å². The first-order valence-corrected chi connectivity index (χ1v) is 9.09. The molecule has 0 aliphatic heterocycles. The number of hydrogen-bond donors (Lipinski definition) is 1. The quantitative estimate of drug-likeness (QED) is 0.230. The highest BCUT2D eigenvalue weighted by molar-refractivity contribution is 6.32. The lowest BCUT2D eigenvalue weighted by Gasteiger charge is -2.10. The molecule has 1 unspecified atom stereocenters. The number of methoxy groups -OCH3 is 1. The largest absolute Gasteiger partial charge is 0.465 e. The number of rotatable bonds is 7. The van der Waals surface area contributed by atoms with Crippen molar-refractivity contribution >= 4 is 41.1 Å². The molecule has 0 aliphatic carbocycles.